The van der Waals surface area contributed by atoms with Gasteiger partial charge in [-0.2, -0.15) is 0 Å². The zero-order valence-corrected chi connectivity index (χ0v) is 14.8. The van der Waals surface area contributed by atoms with Crippen LogP contribution in [0.4, 0.5) is 0 Å². The predicted molar refractivity (Wildman–Crippen MR) is 91.9 cm³/mol. The number of hydrogen-bond acceptors (Lipinski definition) is 4. The lowest BCUT2D eigenvalue weighted by atomic mass is 10.2. The van der Waals surface area contributed by atoms with E-state index in [1.807, 2.05) is 4.90 Å². The van der Waals surface area contributed by atoms with Crippen molar-refractivity contribution in [1.82, 2.24) is 10.2 Å². The van der Waals surface area contributed by atoms with Gasteiger partial charge in [-0.15, -0.1) is 0 Å². The summed E-state index contributed by atoms with van der Waals surface area (Å²) in [4.78, 5) is 26.0. The van der Waals surface area contributed by atoms with Crippen molar-refractivity contribution in [2.75, 3.05) is 33.9 Å². The fourth-order valence-electron chi connectivity index (χ4n) is 2.73. The number of carbonyl (C=O) groups excluding carboxylic acids is 2. The highest BCUT2D eigenvalue weighted by Gasteiger charge is 2.18. The van der Waals surface area contributed by atoms with Crippen LogP contribution in [0.25, 0.3) is 0 Å². The number of nitrogens with one attached hydrogen (secondary N) is 1. The van der Waals surface area contributed by atoms with Crippen molar-refractivity contribution in [2.45, 2.75) is 25.7 Å². The zero-order chi connectivity index (χ0) is 17.5. The maximum absolute atomic E-state index is 12.3. The lowest BCUT2D eigenvalue weighted by Gasteiger charge is -2.20. The first-order valence-electron chi connectivity index (χ1n) is 8.04. The first kappa shape index (κ1) is 18.4. The molecule has 0 aliphatic carbocycles. The Morgan fingerprint density at radius 3 is 2.75 bits per heavy atom. The number of benzene rings is 1. The summed E-state index contributed by atoms with van der Waals surface area (Å²) in [5.41, 5.74) is 0.389. The minimum atomic E-state index is -0.264. The van der Waals surface area contributed by atoms with E-state index in [2.05, 4.69) is 5.32 Å². The van der Waals surface area contributed by atoms with Crippen molar-refractivity contribution in [3.05, 3.63) is 22.7 Å². The normalized spacial score (nSPS) is 15.0. The van der Waals surface area contributed by atoms with E-state index >= 15 is 0 Å². The molecule has 1 aromatic carbocycles. The minimum absolute atomic E-state index is 0.163. The highest BCUT2D eigenvalue weighted by Crippen LogP contribution is 2.35. The molecule has 0 atom stereocenters. The molecule has 6 nitrogen and oxygen atoms in total. The number of nitrogens with zero attached hydrogens (tertiary/aromatic N) is 1. The minimum Gasteiger partial charge on any atom is -0.493 e. The number of hydrogen-bond donors (Lipinski definition) is 1. The summed E-state index contributed by atoms with van der Waals surface area (Å²) in [5, 5.41) is 3.13. The largest absolute Gasteiger partial charge is 0.493 e. The Morgan fingerprint density at radius 2 is 2.04 bits per heavy atom. The van der Waals surface area contributed by atoms with Gasteiger partial charge in [0.15, 0.2) is 11.5 Å². The maximum Gasteiger partial charge on any atom is 0.251 e. The quantitative estimate of drug-likeness (QED) is 0.852. The van der Waals surface area contributed by atoms with E-state index in [-0.39, 0.29) is 11.8 Å². The van der Waals surface area contributed by atoms with Gasteiger partial charge in [0, 0.05) is 31.6 Å². The van der Waals surface area contributed by atoms with Gasteiger partial charge in [-0.1, -0.05) is 18.0 Å². The van der Waals surface area contributed by atoms with Crippen LogP contribution in [0.2, 0.25) is 5.02 Å². The molecule has 2 amide bonds. The summed E-state index contributed by atoms with van der Waals surface area (Å²) in [6.45, 7) is 1.68. The Labute approximate surface area is 147 Å². The van der Waals surface area contributed by atoms with Crippen molar-refractivity contribution in [3.8, 4) is 11.5 Å². The Hall–Kier alpha value is -1.95. The number of ether oxygens (including phenoxy) is 2. The lowest BCUT2D eigenvalue weighted by molar-refractivity contribution is -0.130. The third-order valence-electron chi connectivity index (χ3n) is 4.03. The lowest BCUT2D eigenvalue weighted by Crippen LogP contribution is -2.38. The number of methoxy groups -OCH3 is 2. The summed E-state index contributed by atoms with van der Waals surface area (Å²) in [6, 6.07) is 3.12. The monoisotopic (exact) mass is 354 g/mol. The smallest absolute Gasteiger partial charge is 0.251 e. The second-order valence-corrected chi connectivity index (χ2v) is 6.05. The average molecular weight is 355 g/mol. The first-order valence-corrected chi connectivity index (χ1v) is 8.42. The van der Waals surface area contributed by atoms with Crippen LogP contribution < -0.4 is 14.8 Å². The fraction of sp³-hybridized carbons (Fsp3) is 0.529. The van der Waals surface area contributed by atoms with E-state index in [1.54, 1.807) is 6.07 Å². The van der Waals surface area contributed by atoms with E-state index in [1.165, 1.54) is 20.3 Å². The van der Waals surface area contributed by atoms with Crippen molar-refractivity contribution in [2.24, 2.45) is 0 Å². The molecule has 1 N–H and O–H groups in total. The van der Waals surface area contributed by atoms with E-state index in [0.717, 1.165) is 25.8 Å². The molecule has 0 radical (unpaired) electrons. The van der Waals surface area contributed by atoms with Crippen LogP contribution in [0.1, 0.15) is 36.0 Å². The summed E-state index contributed by atoms with van der Waals surface area (Å²) < 4.78 is 10.3. The molecule has 2 rings (SSSR count). The Bertz CT molecular complexity index is 606. The summed E-state index contributed by atoms with van der Waals surface area (Å²) in [7, 11) is 2.97. The second kappa shape index (κ2) is 8.78. The highest BCUT2D eigenvalue weighted by molar-refractivity contribution is 6.32. The molecule has 0 aromatic heterocycles. The van der Waals surface area contributed by atoms with Crippen LogP contribution >= 0.6 is 11.6 Å². The second-order valence-electron chi connectivity index (χ2n) is 5.64. The van der Waals surface area contributed by atoms with Gasteiger partial charge in [0.2, 0.25) is 5.91 Å². The molecule has 1 aromatic rings. The van der Waals surface area contributed by atoms with Crippen molar-refractivity contribution in [3.63, 3.8) is 0 Å². The molecular weight excluding hydrogens is 332 g/mol. The predicted octanol–water partition coefficient (Wildman–Crippen LogP) is 2.49. The molecule has 1 heterocycles. The van der Waals surface area contributed by atoms with E-state index in [4.69, 9.17) is 21.1 Å². The molecule has 0 bridgehead atoms. The van der Waals surface area contributed by atoms with Gasteiger partial charge in [-0.3, -0.25) is 9.59 Å². The van der Waals surface area contributed by atoms with Crippen molar-refractivity contribution in [1.29, 1.82) is 0 Å². The van der Waals surface area contributed by atoms with Crippen molar-refractivity contribution >= 4 is 23.4 Å². The van der Waals surface area contributed by atoms with Gasteiger partial charge in [-0.25, -0.2) is 0 Å². The molecule has 1 fully saturated rings. The fourth-order valence-corrected chi connectivity index (χ4v) is 3.02. The molecule has 1 aliphatic heterocycles. The van der Waals surface area contributed by atoms with Gasteiger partial charge in [-0.05, 0) is 25.0 Å². The molecule has 0 saturated carbocycles. The molecular formula is C17H23ClN2O4. The number of carbonyl (C=O) groups is 2. The van der Waals surface area contributed by atoms with Gasteiger partial charge < -0.3 is 19.7 Å². The van der Waals surface area contributed by atoms with Crippen LogP contribution in [0, 0.1) is 0 Å². The maximum atomic E-state index is 12.3. The molecule has 132 valence electrons. The van der Waals surface area contributed by atoms with E-state index in [9.17, 15) is 9.59 Å². The van der Waals surface area contributed by atoms with Crippen molar-refractivity contribution < 1.29 is 19.1 Å². The standard InChI is InChI=1S/C17H23ClN2O4/c1-23-14-11-12(10-13(18)16(14)24-2)17(22)19-7-9-20-8-5-3-4-6-15(20)21/h10-11H,3-9H2,1-2H3,(H,19,22). The van der Waals surface area contributed by atoms with Crippen LogP contribution in [0.5, 0.6) is 11.5 Å². The molecule has 1 saturated heterocycles. The van der Waals surface area contributed by atoms with E-state index < -0.39 is 0 Å². The average Bonchev–Trinajstić information content (AvgIpc) is 2.78. The number of likely N-dealkylation sites (tertiary alicyclic amines) is 1. The topological polar surface area (TPSA) is 67.9 Å². The molecule has 0 unspecified atom stereocenters. The van der Waals surface area contributed by atoms with Crippen LogP contribution in [-0.4, -0.2) is 50.6 Å². The Balaban J connectivity index is 1.95. The number of rotatable bonds is 6. The summed E-state index contributed by atoms with van der Waals surface area (Å²) in [5.74, 6) is 0.694. The van der Waals surface area contributed by atoms with Gasteiger partial charge in [0.05, 0.1) is 19.2 Å². The number of halogens is 1. The molecule has 24 heavy (non-hydrogen) atoms. The first-order chi connectivity index (χ1) is 11.6. The molecule has 7 heteroatoms. The highest BCUT2D eigenvalue weighted by atomic mass is 35.5. The zero-order valence-electron chi connectivity index (χ0n) is 14.1. The Kier molecular flexibility index (Phi) is 6.73. The third-order valence-corrected chi connectivity index (χ3v) is 4.32. The van der Waals surface area contributed by atoms with Crippen LogP contribution in [-0.2, 0) is 4.79 Å². The summed E-state index contributed by atoms with van der Waals surface area (Å²) in [6.07, 6.45) is 3.65. The Morgan fingerprint density at radius 1 is 1.25 bits per heavy atom. The van der Waals surface area contributed by atoms with Gasteiger partial charge >= 0.3 is 0 Å². The third kappa shape index (κ3) is 4.54. The van der Waals surface area contributed by atoms with E-state index in [0.29, 0.717) is 41.6 Å². The molecule has 0 spiro atoms. The SMILES string of the molecule is COc1cc(C(=O)NCCN2CCCCCC2=O)cc(Cl)c1OC. The van der Waals surface area contributed by atoms with Crippen LogP contribution in [0.15, 0.2) is 12.1 Å². The number of amides is 2. The van der Waals surface area contributed by atoms with Gasteiger partial charge in [0.25, 0.3) is 5.91 Å². The van der Waals surface area contributed by atoms with Gasteiger partial charge in [0.1, 0.15) is 0 Å². The summed E-state index contributed by atoms with van der Waals surface area (Å²) >= 11 is 6.11. The van der Waals surface area contributed by atoms with Crippen LogP contribution in [0.3, 0.4) is 0 Å². The molecule has 1 aliphatic rings.